The lowest BCUT2D eigenvalue weighted by atomic mass is 10.2. The van der Waals surface area contributed by atoms with Crippen LogP contribution in [-0.4, -0.2) is 40.6 Å². The standard InChI is InChI=1S/C17H16N4O4S/c22-17(23)9-6-13-4-7-14(8-5-13)26(24,25)18-11-10-16-20-19-15-3-1-2-12-21(15)16/h1-9,12,18H,10-11H2,(H,22,23)/b9-6+. The lowest BCUT2D eigenvalue weighted by molar-refractivity contribution is -0.131. The molecule has 0 atom stereocenters. The van der Waals surface area contributed by atoms with Crippen molar-refractivity contribution in [2.75, 3.05) is 6.54 Å². The quantitative estimate of drug-likeness (QED) is 0.605. The molecule has 0 aliphatic rings. The van der Waals surface area contributed by atoms with E-state index < -0.39 is 16.0 Å². The summed E-state index contributed by atoms with van der Waals surface area (Å²) in [6.45, 7) is 0.179. The fourth-order valence-corrected chi connectivity index (χ4v) is 3.40. The van der Waals surface area contributed by atoms with Crippen LogP contribution in [0, 0.1) is 0 Å². The molecule has 0 saturated heterocycles. The first-order valence-corrected chi connectivity index (χ1v) is 9.23. The monoisotopic (exact) mass is 372 g/mol. The Labute approximate surface area is 149 Å². The number of hydrogen-bond donors (Lipinski definition) is 2. The number of carbonyl (C=O) groups is 1. The van der Waals surface area contributed by atoms with Crippen molar-refractivity contribution < 1.29 is 18.3 Å². The maximum atomic E-state index is 12.3. The number of aliphatic carboxylic acids is 1. The molecule has 0 aliphatic heterocycles. The molecule has 2 N–H and O–H groups in total. The highest BCUT2D eigenvalue weighted by Gasteiger charge is 2.14. The van der Waals surface area contributed by atoms with Gasteiger partial charge in [0.05, 0.1) is 4.90 Å². The van der Waals surface area contributed by atoms with Crippen LogP contribution in [0.2, 0.25) is 0 Å². The fraction of sp³-hybridized carbons (Fsp3) is 0.118. The molecule has 3 aromatic rings. The second kappa shape index (κ2) is 7.46. The highest BCUT2D eigenvalue weighted by atomic mass is 32.2. The third-order valence-corrected chi connectivity index (χ3v) is 5.11. The van der Waals surface area contributed by atoms with Gasteiger partial charge in [-0.15, -0.1) is 10.2 Å². The first-order chi connectivity index (χ1) is 12.5. The van der Waals surface area contributed by atoms with E-state index in [2.05, 4.69) is 14.9 Å². The summed E-state index contributed by atoms with van der Waals surface area (Å²) in [6, 6.07) is 11.5. The molecule has 0 bridgehead atoms. The van der Waals surface area contributed by atoms with Crippen molar-refractivity contribution in [1.82, 2.24) is 19.3 Å². The molecule has 0 spiro atoms. The maximum Gasteiger partial charge on any atom is 0.328 e. The molecular weight excluding hydrogens is 356 g/mol. The second-order valence-corrected chi connectivity index (χ2v) is 7.20. The van der Waals surface area contributed by atoms with Crippen LogP contribution in [0.1, 0.15) is 11.4 Å². The maximum absolute atomic E-state index is 12.3. The van der Waals surface area contributed by atoms with E-state index in [-0.39, 0.29) is 11.4 Å². The average Bonchev–Trinajstić information content (AvgIpc) is 3.03. The van der Waals surface area contributed by atoms with Gasteiger partial charge in [0.15, 0.2) is 5.65 Å². The molecule has 0 fully saturated rings. The Bertz CT molecular complexity index is 1060. The molecule has 0 saturated carbocycles. The second-order valence-electron chi connectivity index (χ2n) is 5.43. The van der Waals surface area contributed by atoms with E-state index in [9.17, 15) is 13.2 Å². The van der Waals surface area contributed by atoms with Gasteiger partial charge in [0.1, 0.15) is 5.82 Å². The number of carboxylic acids is 1. The van der Waals surface area contributed by atoms with E-state index in [0.717, 1.165) is 6.08 Å². The SMILES string of the molecule is O=C(O)/C=C/c1ccc(S(=O)(=O)NCCc2nnc3ccccn23)cc1. The van der Waals surface area contributed by atoms with Crippen molar-refractivity contribution in [3.8, 4) is 0 Å². The van der Waals surface area contributed by atoms with Crippen LogP contribution >= 0.6 is 0 Å². The predicted molar refractivity (Wildman–Crippen MR) is 95.0 cm³/mol. The fourth-order valence-electron chi connectivity index (χ4n) is 2.37. The Balaban J connectivity index is 1.64. The lowest BCUT2D eigenvalue weighted by Gasteiger charge is -2.06. The van der Waals surface area contributed by atoms with Crippen molar-refractivity contribution in [2.45, 2.75) is 11.3 Å². The summed E-state index contributed by atoms with van der Waals surface area (Å²) < 4.78 is 29.0. The van der Waals surface area contributed by atoms with Gasteiger partial charge in [-0.05, 0) is 35.9 Å². The zero-order valence-electron chi connectivity index (χ0n) is 13.6. The highest BCUT2D eigenvalue weighted by Crippen LogP contribution is 2.12. The number of sulfonamides is 1. The van der Waals surface area contributed by atoms with Crippen LogP contribution in [0.5, 0.6) is 0 Å². The number of hydrogen-bond acceptors (Lipinski definition) is 5. The molecule has 2 aromatic heterocycles. The summed E-state index contributed by atoms with van der Waals surface area (Å²) in [5, 5.41) is 16.7. The van der Waals surface area contributed by atoms with Crippen LogP contribution in [0.15, 0.2) is 59.6 Å². The predicted octanol–water partition coefficient (Wildman–Crippen LogP) is 1.35. The Morgan fingerprint density at radius 1 is 1.15 bits per heavy atom. The van der Waals surface area contributed by atoms with Gasteiger partial charge in [0.2, 0.25) is 10.0 Å². The summed E-state index contributed by atoms with van der Waals surface area (Å²) >= 11 is 0. The number of fused-ring (bicyclic) bond motifs is 1. The molecule has 26 heavy (non-hydrogen) atoms. The van der Waals surface area contributed by atoms with Crippen molar-refractivity contribution >= 4 is 27.7 Å². The number of benzene rings is 1. The molecule has 8 nitrogen and oxygen atoms in total. The summed E-state index contributed by atoms with van der Waals surface area (Å²) in [5.74, 6) is -0.401. The average molecular weight is 372 g/mol. The summed E-state index contributed by atoms with van der Waals surface area (Å²) in [6.07, 6.45) is 4.60. The highest BCUT2D eigenvalue weighted by molar-refractivity contribution is 7.89. The minimum absolute atomic E-state index is 0.107. The summed E-state index contributed by atoms with van der Waals surface area (Å²) in [7, 11) is -3.66. The molecule has 0 aliphatic carbocycles. The van der Waals surface area contributed by atoms with E-state index >= 15 is 0 Å². The molecule has 134 valence electrons. The number of rotatable bonds is 7. The Morgan fingerprint density at radius 2 is 1.92 bits per heavy atom. The summed E-state index contributed by atoms with van der Waals surface area (Å²) in [4.78, 5) is 10.6. The third kappa shape index (κ3) is 4.13. The van der Waals surface area contributed by atoms with Crippen LogP contribution in [-0.2, 0) is 21.2 Å². The number of nitrogens with zero attached hydrogens (tertiary/aromatic N) is 3. The van der Waals surface area contributed by atoms with Crippen molar-refractivity contribution in [2.24, 2.45) is 0 Å². The number of nitrogens with one attached hydrogen (secondary N) is 1. The number of carboxylic acid groups (broad SMARTS) is 1. The van der Waals surface area contributed by atoms with E-state index in [1.54, 1.807) is 16.5 Å². The Kier molecular flexibility index (Phi) is 5.10. The molecule has 9 heteroatoms. The van der Waals surface area contributed by atoms with Crippen LogP contribution < -0.4 is 4.72 Å². The van der Waals surface area contributed by atoms with Crippen molar-refractivity contribution in [3.63, 3.8) is 0 Å². The Morgan fingerprint density at radius 3 is 2.65 bits per heavy atom. The van der Waals surface area contributed by atoms with E-state index in [0.29, 0.717) is 23.5 Å². The number of pyridine rings is 1. The van der Waals surface area contributed by atoms with E-state index in [1.807, 2.05) is 24.4 Å². The largest absolute Gasteiger partial charge is 0.478 e. The van der Waals surface area contributed by atoms with Crippen LogP contribution in [0.25, 0.3) is 11.7 Å². The molecule has 3 rings (SSSR count). The van der Waals surface area contributed by atoms with Gasteiger partial charge in [0.25, 0.3) is 0 Å². The van der Waals surface area contributed by atoms with Gasteiger partial charge >= 0.3 is 5.97 Å². The van der Waals surface area contributed by atoms with Gasteiger partial charge in [-0.25, -0.2) is 17.9 Å². The molecule has 0 radical (unpaired) electrons. The van der Waals surface area contributed by atoms with Crippen molar-refractivity contribution in [3.05, 3.63) is 66.1 Å². The van der Waals surface area contributed by atoms with Gasteiger partial charge in [0, 0.05) is 25.2 Å². The van der Waals surface area contributed by atoms with Gasteiger partial charge in [-0.3, -0.25) is 4.40 Å². The molecule has 2 heterocycles. The topological polar surface area (TPSA) is 114 Å². The zero-order chi connectivity index (χ0) is 18.6. The molecular formula is C17H16N4O4S. The smallest absolute Gasteiger partial charge is 0.328 e. The zero-order valence-corrected chi connectivity index (χ0v) is 14.4. The third-order valence-electron chi connectivity index (χ3n) is 3.63. The minimum Gasteiger partial charge on any atom is -0.478 e. The normalized spacial score (nSPS) is 12.0. The Hall–Kier alpha value is -3.04. The number of aromatic nitrogens is 3. The van der Waals surface area contributed by atoms with E-state index in [1.165, 1.54) is 18.2 Å². The van der Waals surface area contributed by atoms with Crippen LogP contribution in [0.4, 0.5) is 0 Å². The molecule has 0 unspecified atom stereocenters. The summed E-state index contributed by atoms with van der Waals surface area (Å²) in [5.41, 5.74) is 1.30. The van der Waals surface area contributed by atoms with Gasteiger partial charge < -0.3 is 5.11 Å². The minimum atomic E-state index is -3.66. The van der Waals surface area contributed by atoms with Crippen LogP contribution in [0.3, 0.4) is 0 Å². The van der Waals surface area contributed by atoms with Gasteiger partial charge in [-0.1, -0.05) is 18.2 Å². The lowest BCUT2D eigenvalue weighted by Crippen LogP contribution is -2.26. The first kappa shape index (κ1) is 17.8. The van der Waals surface area contributed by atoms with Gasteiger partial charge in [-0.2, -0.15) is 0 Å². The van der Waals surface area contributed by atoms with Crippen molar-refractivity contribution in [1.29, 1.82) is 0 Å². The molecule has 1 aromatic carbocycles. The molecule has 0 amide bonds. The first-order valence-electron chi connectivity index (χ1n) is 7.75. The van der Waals surface area contributed by atoms with E-state index in [4.69, 9.17) is 5.11 Å².